The molecule has 0 fully saturated rings. The van der Waals surface area contributed by atoms with Crippen LogP contribution in [-0.4, -0.2) is 20.7 Å². The fraction of sp³-hybridized carbons (Fsp3) is 0.556. The van der Waals surface area contributed by atoms with Gasteiger partial charge in [-0.3, -0.25) is 4.68 Å². The summed E-state index contributed by atoms with van der Waals surface area (Å²) >= 11 is 1.57. The van der Waals surface area contributed by atoms with E-state index in [1.807, 2.05) is 19.5 Å². The van der Waals surface area contributed by atoms with Crippen LogP contribution >= 0.6 is 11.9 Å². The van der Waals surface area contributed by atoms with E-state index in [0.717, 1.165) is 5.56 Å². The molecule has 0 spiro atoms. The highest BCUT2D eigenvalue weighted by Crippen LogP contribution is 2.23. The van der Waals surface area contributed by atoms with Gasteiger partial charge < -0.3 is 0 Å². The Hall–Kier alpha value is -0.770. The van der Waals surface area contributed by atoms with Crippen LogP contribution in [0.1, 0.15) is 26.3 Å². The average molecular weight is 197 g/mol. The van der Waals surface area contributed by atoms with Crippen LogP contribution in [0, 0.1) is 0 Å². The van der Waals surface area contributed by atoms with Crippen LogP contribution in [0.2, 0.25) is 0 Å². The first kappa shape index (κ1) is 10.3. The first-order chi connectivity index (χ1) is 5.97. The molecule has 13 heavy (non-hydrogen) atoms. The molecular weight excluding hydrogens is 182 g/mol. The molecular formula is C9H15N3S. The minimum Gasteiger partial charge on any atom is -0.275 e. The first-order valence-corrected chi connectivity index (χ1v) is 4.95. The molecule has 1 aromatic rings. The van der Waals surface area contributed by atoms with E-state index < -0.39 is 0 Å². The lowest BCUT2D eigenvalue weighted by Crippen LogP contribution is -2.04. The van der Waals surface area contributed by atoms with Crippen LogP contribution in [0.25, 0.3) is 0 Å². The van der Waals surface area contributed by atoms with Gasteiger partial charge in [-0.25, -0.2) is 4.40 Å². The summed E-state index contributed by atoms with van der Waals surface area (Å²) in [6.45, 7) is 6.41. The van der Waals surface area contributed by atoms with Crippen LogP contribution in [0.4, 0.5) is 0 Å². The normalized spacial score (nSPS) is 12.6. The maximum atomic E-state index is 4.26. The molecule has 1 rings (SSSR count). The smallest absolute Gasteiger partial charge is 0.0577 e. The molecule has 3 nitrogen and oxygen atoms in total. The van der Waals surface area contributed by atoms with Crippen LogP contribution < -0.4 is 0 Å². The van der Waals surface area contributed by atoms with Gasteiger partial charge in [-0.2, -0.15) is 5.10 Å². The van der Waals surface area contributed by atoms with E-state index in [-0.39, 0.29) is 4.75 Å². The molecule has 0 aliphatic rings. The summed E-state index contributed by atoms with van der Waals surface area (Å²) in [5.41, 5.74) is 1.04. The second-order valence-electron chi connectivity index (χ2n) is 3.89. The highest BCUT2D eigenvalue weighted by atomic mass is 32.2. The second-order valence-corrected chi connectivity index (χ2v) is 5.50. The molecule has 1 heterocycles. The quantitative estimate of drug-likeness (QED) is 0.538. The molecule has 0 radical (unpaired) electrons. The fourth-order valence-electron chi connectivity index (χ4n) is 0.752. The summed E-state index contributed by atoms with van der Waals surface area (Å²) < 4.78 is 6.21. The van der Waals surface area contributed by atoms with Crippen molar-refractivity contribution in [2.75, 3.05) is 0 Å². The Morgan fingerprint density at radius 1 is 1.54 bits per heavy atom. The van der Waals surface area contributed by atoms with Gasteiger partial charge in [0.2, 0.25) is 0 Å². The van der Waals surface area contributed by atoms with Gasteiger partial charge in [0.05, 0.1) is 6.20 Å². The van der Waals surface area contributed by atoms with Crippen molar-refractivity contribution in [1.82, 2.24) is 9.78 Å². The second kappa shape index (κ2) is 3.96. The fourth-order valence-corrected chi connectivity index (χ4v) is 1.24. The lowest BCUT2D eigenvalue weighted by molar-refractivity contribution is 0.767. The molecule has 0 saturated heterocycles. The number of aromatic nitrogens is 2. The molecule has 0 N–H and O–H groups in total. The summed E-state index contributed by atoms with van der Waals surface area (Å²) in [6, 6.07) is 0. The standard InChI is InChI=1S/C9H15N3S/c1-9(2,3)13-11-6-8-5-10-12(4)7-8/h5-7H,1-4H3/b11-6+. The third kappa shape index (κ3) is 4.12. The number of nitrogens with zero attached hydrogens (tertiary/aromatic N) is 3. The molecule has 0 aliphatic carbocycles. The van der Waals surface area contributed by atoms with E-state index in [1.165, 1.54) is 0 Å². The largest absolute Gasteiger partial charge is 0.275 e. The van der Waals surface area contributed by atoms with Crippen molar-refractivity contribution in [2.24, 2.45) is 11.4 Å². The van der Waals surface area contributed by atoms with Gasteiger partial charge in [-0.1, -0.05) is 0 Å². The van der Waals surface area contributed by atoms with Crippen molar-refractivity contribution in [3.8, 4) is 0 Å². The Kier molecular flexibility index (Phi) is 3.14. The predicted octanol–water partition coefficient (Wildman–Crippen LogP) is 2.29. The molecule has 0 atom stereocenters. The number of aryl methyl sites for hydroxylation is 1. The zero-order valence-electron chi connectivity index (χ0n) is 8.48. The SMILES string of the molecule is Cn1cc(/C=N/SC(C)(C)C)cn1. The zero-order valence-corrected chi connectivity index (χ0v) is 9.30. The predicted molar refractivity (Wildman–Crippen MR) is 58.1 cm³/mol. The molecule has 0 aliphatic heterocycles. The Bertz CT molecular complexity index is 296. The van der Waals surface area contributed by atoms with Gasteiger partial charge in [-0.15, -0.1) is 0 Å². The van der Waals surface area contributed by atoms with Crippen LogP contribution in [-0.2, 0) is 7.05 Å². The van der Waals surface area contributed by atoms with Gasteiger partial charge >= 0.3 is 0 Å². The molecule has 0 unspecified atom stereocenters. The molecule has 72 valence electrons. The number of rotatable bonds is 2. The van der Waals surface area contributed by atoms with Gasteiger partial charge in [0, 0.05) is 29.8 Å². The van der Waals surface area contributed by atoms with E-state index >= 15 is 0 Å². The number of hydrogen-bond acceptors (Lipinski definition) is 3. The van der Waals surface area contributed by atoms with Gasteiger partial charge in [0.15, 0.2) is 0 Å². The van der Waals surface area contributed by atoms with E-state index in [9.17, 15) is 0 Å². The highest BCUT2D eigenvalue weighted by molar-refractivity contribution is 7.99. The summed E-state index contributed by atoms with van der Waals surface area (Å²) in [4.78, 5) is 0. The monoisotopic (exact) mass is 197 g/mol. The maximum absolute atomic E-state index is 4.26. The molecule has 0 amide bonds. The third-order valence-electron chi connectivity index (χ3n) is 1.25. The van der Waals surface area contributed by atoms with E-state index in [2.05, 4.69) is 30.3 Å². The third-order valence-corrected chi connectivity index (χ3v) is 2.01. The van der Waals surface area contributed by atoms with Crippen molar-refractivity contribution in [3.63, 3.8) is 0 Å². The molecule has 0 aromatic carbocycles. The van der Waals surface area contributed by atoms with Crippen molar-refractivity contribution < 1.29 is 0 Å². The topological polar surface area (TPSA) is 30.2 Å². The van der Waals surface area contributed by atoms with E-state index in [0.29, 0.717) is 0 Å². The van der Waals surface area contributed by atoms with Crippen LogP contribution in [0.5, 0.6) is 0 Å². The Morgan fingerprint density at radius 2 is 2.23 bits per heavy atom. The number of hydrogen-bond donors (Lipinski definition) is 0. The Morgan fingerprint density at radius 3 is 2.69 bits per heavy atom. The highest BCUT2D eigenvalue weighted by Gasteiger charge is 2.08. The Balaban J connectivity index is 2.50. The summed E-state index contributed by atoms with van der Waals surface area (Å²) in [5.74, 6) is 0. The lowest BCUT2D eigenvalue weighted by Gasteiger charge is -2.11. The van der Waals surface area contributed by atoms with Crippen molar-refractivity contribution >= 4 is 18.2 Å². The van der Waals surface area contributed by atoms with E-state index in [4.69, 9.17) is 0 Å². The average Bonchev–Trinajstić information content (AvgIpc) is 2.33. The minimum absolute atomic E-state index is 0.179. The van der Waals surface area contributed by atoms with Gasteiger partial charge in [-0.05, 0) is 32.7 Å². The van der Waals surface area contributed by atoms with Crippen molar-refractivity contribution in [2.45, 2.75) is 25.5 Å². The van der Waals surface area contributed by atoms with Crippen molar-refractivity contribution in [3.05, 3.63) is 18.0 Å². The van der Waals surface area contributed by atoms with Crippen LogP contribution in [0.3, 0.4) is 0 Å². The lowest BCUT2D eigenvalue weighted by atomic mass is 10.3. The summed E-state index contributed by atoms with van der Waals surface area (Å²) in [6.07, 6.45) is 5.57. The molecule has 4 heteroatoms. The van der Waals surface area contributed by atoms with Crippen LogP contribution in [0.15, 0.2) is 16.8 Å². The minimum atomic E-state index is 0.179. The van der Waals surface area contributed by atoms with Gasteiger partial charge in [0.1, 0.15) is 0 Å². The summed E-state index contributed by atoms with van der Waals surface area (Å²) in [7, 11) is 1.90. The van der Waals surface area contributed by atoms with Crippen molar-refractivity contribution in [1.29, 1.82) is 0 Å². The Labute approximate surface area is 83.4 Å². The van der Waals surface area contributed by atoms with Gasteiger partial charge in [0.25, 0.3) is 0 Å². The maximum Gasteiger partial charge on any atom is 0.0577 e. The summed E-state index contributed by atoms with van der Waals surface area (Å²) in [5, 5.41) is 4.05. The van der Waals surface area contributed by atoms with E-state index in [1.54, 1.807) is 22.8 Å². The molecule has 0 saturated carbocycles. The zero-order chi connectivity index (χ0) is 9.90. The molecule has 0 bridgehead atoms. The first-order valence-electron chi connectivity index (χ1n) is 4.17. The molecule has 1 aromatic heterocycles.